The molecule has 0 heterocycles. The predicted octanol–water partition coefficient (Wildman–Crippen LogP) is 3.50. The number of nitrogens with one attached hydrogen (secondary N) is 1. The molecule has 2 aromatic rings. The lowest BCUT2D eigenvalue weighted by Crippen LogP contribution is -2.14. The van der Waals surface area contributed by atoms with Gasteiger partial charge in [0.25, 0.3) is 5.91 Å². The van der Waals surface area contributed by atoms with Crippen LogP contribution in [0.3, 0.4) is 0 Å². The molecule has 0 spiro atoms. The molecule has 7 heteroatoms. The molecule has 0 aliphatic rings. The molecule has 0 aromatic heterocycles. The van der Waals surface area contributed by atoms with Gasteiger partial charge in [-0.1, -0.05) is 15.9 Å². The summed E-state index contributed by atoms with van der Waals surface area (Å²) in [7, 11) is 0. The monoisotopic (exact) mass is 379 g/mol. The third-order valence-corrected chi connectivity index (χ3v) is 3.47. The first-order valence-corrected chi connectivity index (χ1v) is 7.51. The molecule has 2 aromatic carbocycles. The molecule has 120 valence electrons. The van der Waals surface area contributed by atoms with Gasteiger partial charge in [0.1, 0.15) is 17.1 Å². The molecule has 0 unspecified atom stereocenters. The molecule has 0 bridgehead atoms. The predicted molar refractivity (Wildman–Crippen MR) is 88.3 cm³/mol. The van der Waals surface area contributed by atoms with Gasteiger partial charge in [-0.3, -0.25) is 4.79 Å². The lowest BCUT2D eigenvalue weighted by atomic mass is 10.1. The highest BCUT2D eigenvalue weighted by atomic mass is 79.9. The van der Waals surface area contributed by atoms with Crippen molar-refractivity contribution < 1.29 is 24.5 Å². The van der Waals surface area contributed by atoms with Gasteiger partial charge >= 0.3 is 5.97 Å². The van der Waals surface area contributed by atoms with Gasteiger partial charge in [-0.05, 0) is 37.3 Å². The van der Waals surface area contributed by atoms with E-state index in [4.69, 9.17) is 9.84 Å². The zero-order valence-electron chi connectivity index (χ0n) is 12.2. The SMILES string of the molecule is CCOc1ccc(Br)cc1C(=O)Nc1ccc(C(=O)O)c(O)c1. The number of anilines is 1. The number of rotatable bonds is 5. The third kappa shape index (κ3) is 4.01. The molecule has 0 atom stereocenters. The van der Waals surface area contributed by atoms with Crippen molar-refractivity contribution in [1.29, 1.82) is 0 Å². The van der Waals surface area contributed by atoms with Crippen molar-refractivity contribution in [3.63, 3.8) is 0 Å². The van der Waals surface area contributed by atoms with E-state index in [1.807, 2.05) is 6.92 Å². The van der Waals surface area contributed by atoms with Crippen LogP contribution in [-0.4, -0.2) is 28.7 Å². The van der Waals surface area contributed by atoms with Crippen LogP contribution in [-0.2, 0) is 0 Å². The number of aromatic hydroxyl groups is 1. The second kappa shape index (κ2) is 7.15. The summed E-state index contributed by atoms with van der Waals surface area (Å²) >= 11 is 3.30. The van der Waals surface area contributed by atoms with E-state index in [9.17, 15) is 14.7 Å². The second-order valence-electron chi connectivity index (χ2n) is 4.56. The molecular formula is C16H14BrNO5. The second-order valence-corrected chi connectivity index (χ2v) is 5.48. The normalized spacial score (nSPS) is 10.2. The summed E-state index contributed by atoms with van der Waals surface area (Å²) in [4.78, 5) is 23.2. The Morgan fingerprint density at radius 3 is 2.52 bits per heavy atom. The Morgan fingerprint density at radius 2 is 1.91 bits per heavy atom. The van der Waals surface area contributed by atoms with E-state index in [2.05, 4.69) is 21.2 Å². The molecule has 0 aliphatic carbocycles. The van der Waals surface area contributed by atoms with Crippen molar-refractivity contribution in [3.8, 4) is 11.5 Å². The summed E-state index contributed by atoms with van der Waals surface area (Å²) in [6, 6.07) is 8.85. The zero-order chi connectivity index (χ0) is 17.0. The van der Waals surface area contributed by atoms with Crippen molar-refractivity contribution in [2.75, 3.05) is 11.9 Å². The largest absolute Gasteiger partial charge is 0.507 e. The number of carbonyl (C=O) groups excluding carboxylic acids is 1. The molecule has 0 saturated carbocycles. The Balaban J connectivity index is 2.27. The Kier molecular flexibility index (Phi) is 5.23. The highest BCUT2D eigenvalue weighted by Crippen LogP contribution is 2.26. The van der Waals surface area contributed by atoms with Gasteiger partial charge in [-0.2, -0.15) is 0 Å². The number of benzene rings is 2. The van der Waals surface area contributed by atoms with E-state index in [0.29, 0.717) is 17.9 Å². The minimum Gasteiger partial charge on any atom is -0.507 e. The van der Waals surface area contributed by atoms with Crippen LogP contribution in [0.15, 0.2) is 40.9 Å². The van der Waals surface area contributed by atoms with Crippen LogP contribution in [0.1, 0.15) is 27.6 Å². The Bertz CT molecular complexity index is 760. The van der Waals surface area contributed by atoms with Crippen LogP contribution in [0.25, 0.3) is 0 Å². The number of carbonyl (C=O) groups is 2. The van der Waals surface area contributed by atoms with Crippen LogP contribution in [0.2, 0.25) is 0 Å². The number of ether oxygens (including phenoxy) is 1. The van der Waals surface area contributed by atoms with Crippen LogP contribution in [0.4, 0.5) is 5.69 Å². The number of aromatic carboxylic acids is 1. The number of hydrogen-bond donors (Lipinski definition) is 3. The van der Waals surface area contributed by atoms with E-state index in [0.717, 1.165) is 4.47 Å². The van der Waals surface area contributed by atoms with Gasteiger partial charge in [0.2, 0.25) is 0 Å². The lowest BCUT2D eigenvalue weighted by molar-refractivity contribution is 0.0693. The lowest BCUT2D eigenvalue weighted by Gasteiger charge is -2.11. The molecule has 3 N–H and O–H groups in total. The molecule has 23 heavy (non-hydrogen) atoms. The summed E-state index contributed by atoms with van der Waals surface area (Å²) in [5.74, 6) is -1.67. The van der Waals surface area contributed by atoms with Crippen molar-refractivity contribution in [3.05, 3.63) is 52.0 Å². The Labute approximate surface area is 140 Å². The fourth-order valence-electron chi connectivity index (χ4n) is 1.95. The fourth-order valence-corrected chi connectivity index (χ4v) is 2.31. The fraction of sp³-hybridized carbons (Fsp3) is 0.125. The average molecular weight is 380 g/mol. The first-order chi connectivity index (χ1) is 10.9. The molecule has 0 aliphatic heterocycles. The zero-order valence-corrected chi connectivity index (χ0v) is 13.8. The van der Waals surface area contributed by atoms with Crippen molar-refractivity contribution in [1.82, 2.24) is 0 Å². The van der Waals surface area contributed by atoms with E-state index in [1.54, 1.807) is 18.2 Å². The van der Waals surface area contributed by atoms with Crippen molar-refractivity contribution in [2.24, 2.45) is 0 Å². The quantitative estimate of drug-likeness (QED) is 0.738. The van der Waals surface area contributed by atoms with Gasteiger partial charge in [-0.25, -0.2) is 4.79 Å². The summed E-state index contributed by atoms with van der Waals surface area (Å²) < 4.78 is 6.13. The van der Waals surface area contributed by atoms with Gasteiger partial charge in [0, 0.05) is 16.2 Å². The van der Waals surface area contributed by atoms with Crippen molar-refractivity contribution >= 4 is 33.5 Å². The van der Waals surface area contributed by atoms with Crippen LogP contribution in [0.5, 0.6) is 11.5 Å². The first kappa shape index (κ1) is 16.8. The number of hydrogen-bond acceptors (Lipinski definition) is 4. The van der Waals surface area contributed by atoms with Gasteiger partial charge in [0.05, 0.1) is 12.2 Å². The van der Waals surface area contributed by atoms with Crippen LogP contribution in [0, 0.1) is 0 Å². The van der Waals surface area contributed by atoms with Gasteiger partial charge in [0.15, 0.2) is 0 Å². The molecule has 0 saturated heterocycles. The highest BCUT2D eigenvalue weighted by Gasteiger charge is 2.15. The maximum Gasteiger partial charge on any atom is 0.339 e. The van der Waals surface area contributed by atoms with Crippen LogP contribution < -0.4 is 10.1 Å². The number of carboxylic acids is 1. The molecule has 0 fully saturated rings. The summed E-state index contributed by atoms with van der Waals surface area (Å²) in [5.41, 5.74) is 0.364. The molecule has 1 amide bonds. The average Bonchev–Trinajstić information content (AvgIpc) is 2.49. The number of halogens is 1. The maximum absolute atomic E-state index is 12.4. The van der Waals surface area contributed by atoms with E-state index >= 15 is 0 Å². The molecule has 0 radical (unpaired) electrons. The Morgan fingerprint density at radius 1 is 1.17 bits per heavy atom. The topological polar surface area (TPSA) is 95.9 Å². The van der Waals surface area contributed by atoms with E-state index in [1.165, 1.54) is 18.2 Å². The molecular weight excluding hydrogens is 366 g/mol. The summed E-state index contributed by atoms with van der Waals surface area (Å²) in [6.07, 6.45) is 0. The van der Waals surface area contributed by atoms with Gasteiger partial charge in [-0.15, -0.1) is 0 Å². The number of carboxylic acid groups (broad SMARTS) is 1. The number of amides is 1. The third-order valence-electron chi connectivity index (χ3n) is 2.97. The van der Waals surface area contributed by atoms with E-state index < -0.39 is 17.6 Å². The minimum absolute atomic E-state index is 0.236. The standard InChI is InChI=1S/C16H14BrNO5/c1-2-23-14-6-3-9(17)7-12(14)15(20)18-10-4-5-11(16(21)22)13(19)8-10/h3-8,19H,2H2,1H3,(H,18,20)(H,21,22). The molecule has 2 rings (SSSR count). The number of phenols is 1. The smallest absolute Gasteiger partial charge is 0.339 e. The Hall–Kier alpha value is -2.54. The maximum atomic E-state index is 12.4. The van der Waals surface area contributed by atoms with E-state index in [-0.39, 0.29) is 11.3 Å². The highest BCUT2D eigenvalue weighted by molar-refractivity contribution is 9.10. The summed E-state index contributed by atoms with van der Waals surface area (Å²) in [6.45, 7) is 2.22. The summed E-state index contributed by atoms with van der Waals surface area (Å²) in [5, 5.41) is 21.1. The van der Waals surface area contributed by atoms with Crippen molar-refractivity contribution in [2.45, 2.75) is 6.92 Å². The minimum atomic E-state index is -1.24. The molecule has 6 nitrogen and oxygen atoms in total. The van der Waals surface area contributed by atoms with Crippen LogP contribution >= 0.6 is 15.9 Å². The first-order valence-electron chi connectivity index (χ1n) is 6.72. The van der Waals surface area contributed by atoms with Gasteiger partial charge < -0.3 is 20.3 Å².